The van der Waals surface area contributed by atoms with Gasteiger partial charge in [-0.25, -0.2) is 0 Å². The fourth-order valence-corrected chi connectivity index (χ4v) is 2.72. The van der Waals surface area contributed by atoms with Crippen LogP contribution in [-0.4, -0.2) is 36.4 Å². The second kappa shape index (κ2) is 9.76. The van der Waals surface area contributed by atoms with Gasteiger partial charge in [0, 0.05) is 24.3 Å². The molecule has 0 unspecified atom stereocenters. The van der Waals surface area contributed by atoms with Crippen LogP contribution in [0.5, 0.6) is 5.75 Å². The molecule has 27 heavy (non-hydrogen) atoms. The van der Waals surface area contributed by atoms with E-state index in [-0.39, 0.29) is 18.4 Å². The van der Waals surface area contributed by atoms with Crippen molar-refractivity contribution in [3.63, 3.8) is 0 Å². The molecule has 2 aromatic carbocycles. The van der Waals surface area contributed by atoms with E-state index in [9.17, 15) is 9.59 Å². The average molecular weight is 368 g/mol. The molecular formula is C22H28N2O3. The highest BCUT2D eigenvalue weighted by Gasteiger charge is 2.13. The van der Waals surface area contributed by atoms with Gasteiger partial charge >= 0.3 is 0 Å². The third-order valence-corrected chi connectivity index (χ3v) is 4.36. The van der Waals surface area contributed by atoms with Crippen molar-refractivity contribution in [3.05, 3.63) is 59.7 Å². The zero-order chi connectivity index (χ0) is 19.8. The lowest BCUT2D eigenvalue weighted by Gasteiger charge is -2.19. The number of carbonyl (C=O) groups is 2. The van der Waals surface area contributed by atoms with Crippen molar-refractivity contribution < 1.29 is 14.3 Å². The molecule has 1 N–H and O–H groups in total. The Hall–Kier alpha value is -2.82. The molecule has 0 heterocycles. The van der Waals surface area contributed by atoms with E-state index in [1.807, 2.05) is 38.1 Å². The third-order valence-electron chi connectivity index (χ3n) is 4.36. The molecule has 2 aromatic rings. The molecular weight excluding hydrogens is 340 g/mol. The van der Waals surface area contributed by atoms with Crippen molar-refractivity contribution in [1.29, 1.82) is 0 Å². The van der Waals surface area contributed by atoms with Gasteiger partial charge in [0.2, 0.25) is 0 Å². The molecule has 0 fully saturated rings. The molecule has 0 aliphatic carbocycles. The van der Waals surface area contributed by atoms with Crippen molar-refractivity contribution in [2.24, 2.45) is 0 Å². The molecule has 144 valence electrons. The molecule has 0 aliphatic rings. The molecule has 0 bridgehead atoms. The van der Waals surface area contributed by atoms with Gasteiger partial charge in [-0.05, 0) is 55.7 Å². The summed E-state index contributed by atoms with van der Waals surface area (Å²) < 4.78 is 5.54. The number of ether oxygens (including phenoxy) is 1. The number of hydrogen-bond acceptors (Lipinski definition) is 3. The predicted molar refractivity (Wildman–Crippen MR) is 108 cm³/mol. The molecule has 0 saturated heterocycles. The number of amides is 2. The van der Waals surface area contributed by atoms with Gasteiger partial charge in [-0.3, -0.25) is 9.59 Å². The van der Waals surface area contributed by atoms with Gasteiger partial charge in [-0.1, -0.05) is 32.0 Å². The molecule has 0 radical (unpaired) electrons. The van der Waals surface area contributed by atoms with E-state index < -0.39 is 0 Å². The van der Waals surface area contributed by atoms with Crippen molar-refractivity contribution in [2.75, 3.05) is 25.0 Å². The first-order chi connectivity index (χ1) is 12.9. The van der Waals surface area contributed by atoms with E-state index in [1.54, 1.807) is 29.2 Å². The second-order valence-corrected chi connectivity index (χ2v) is 6.62. The van der Waals surface area contributed by atoms with Gasteiger partial charge in [-0.2, -0.15) is 0 Å². The molecule has 5 nitrogen and oxygen atoms in total. The van der Waals surface area contributed by atoms with Crippen LogP contribution in [0.15, 0.2) is 48.5 Å². The first kappa shape index (κ1) is 20.5. The zero-order valence-corrected chi connectivity index (χ0v) is 16.5. The van der Waals surface area contributed by atoms with Gasteiger partial charge < -0.3 is 15.0 Å². The summed E-state index contributed by atoms with van der Waals surface area (Å²) in [6, 6.07) is 14.7. The number of nitrogens with zero attached hydrogens (tertiary/aromatic N) is 1. The molecule has 0 aromatic heterocycles. The van der Waals surface area contributed by atoms with Crippen molar-refractivity contribution in [1.82, 2.24) is 4.90 Å². The van der Waals surface area contributed by atoms with Crippen LogP contribution in [0.4, 0.5) is 5.69 Å². The van der Waals surface area contributed by atoms with Gasteiger partial charge in [0.05, 0.1) is 0 Å². The number of rotatable bonds is 8. The maximum atomic E-state index is 12.4. The average Bonchev–Trinajstić information content (AvgIpc) is 2.67. The number of benzene rings is 2. The Bertz CT molecular complexity index is 765. The fraction of sp³-hybridized carbons (Fsp3) is 0.364. The SMILES string of the molecule is CCN(CC)C(=O)c1cccc(NC(=O)COc2ccc(C(C)C)cc2)c1. The van der Waals surface area contributed by atoms with Crippen LogP contribution in [-0.2, 0) is 4.79 Å². The summed E-state index contributed by atoms with van der Waals surface area (Å²) in [6.07, 6.45) is 0. The largest absolute Gasteiger partial charge is 0.484 e. The summed E-state index contributed by atoms with van der Waals surface area (Å²) in [5.74, 6) is 0.793. The Morgan fingerprint density at radius 2 is 1.70 bits per heavy atom. The van der Waals surface area contributed by atoms with E-state index in [4.69, 9.17) is 4.74 Å². The van der Waals surface area contributed by atoms with Crippen LogP contribution in [0.1, 0.15) is 49.5 Å². The summed E-state index contributed by atoms with van der Waals surface area (Å²) in [4.78, 5) is 26.3. The van der Waals surface area contributed by atoms with E-state index in [0.717, 1.165) is 0 Å². The summed E-state index contributed by atoms with van der Waals surface area (Å²) in [5.41, 5.74) is 2.36. The number of nitrogens with one attached hydrogen (secondary N) is 1. The Balaban J connectivity index is 1.93. The van der Waals surface area contributed by atoms with E-state index >= 15 is 0 Å². The van der Waals surface area contributed by atoms with Crippen LogP contribution >= 0.6 is 0 Å². The first-order valence-corrected chi connectivity index (χ1v) is 9.36. The minimum atomic E-state index is -0.268. The van der Waals surface area contributed by atoms with E-state index in [0.29, 0.717) is 36.0 Å². The lowest BCUT2D eigenvalue weighted by molar-refractivity contribution is -0.118. The van der Waals surface area contributed by atoms with Crippen LogP contribution in [0.2, 0.25) is 0 Å². The highest BCUT2D eigenvalue weighted by molar-refractivity contribution is 5.97. The van der Waals surface area contributed by atoms with Crippen LogP contribution in [0.25, 0.3) is 0 Å². The van der Waals surface area contributed by atoms with Crippen molar-refractivity contribution in [2.45, 2.75) is 33.6 Å². The van der Waals surface area contributed by atoms with Crippen LogP contribution in [0, 0.1) is 0 Å². The number of carbonyl (C=O) groups excluding carboxylic acids is 2. The Labute approximate surface area is 161 Å². The molecule has 0 aliphatic heterocycles. The minimum Gasteiger partial charge on any atom is -0.484 e. The van der Waals surface area contributed by atoms with Gasteiger partial charge in [0.1, 0.15) is 5.75 Å². The smallest absolute Gasteiger partial charge is 0.262 e. The van der Waals surface area contributed by atoms with Gasteiger partial charge in [-0.15, -0.1) is 0 Å². The predicted octanol–water partition coefficient (Wildman–Crippen LogP) is 4.31. The van der Waals surface area contributed by atoms with Crippen molar-refractivity contribution >= 4 is 17.5 Å². The topological polar surface area (TPSA) is 58.6 Å². The number of anilines is 1. The molecule has 2 amide bonds. The van der Waals surface area contributed by atoms with Gasteiger partial charge in [0.15, 0.2) is 6.61 Å². The summed E-state index contributed by atoms with van der Waals surface area (Å²) in [5, 5.41) is 2.78. The third kappa shape index (κ3) is 5.84. The second-order valence-electron chi connectivity index (χ2n) is 6.62. The van der Waals surface area contributed by atoms with E-state index in [1.165, 1.54) is 5.56 Å². The summed E-state index contributed by atoms with van der Waals surface area (Å²) in [7, 11) is 0. The molecule has 2 rings (SSSR count). The Morgan fingerprint density at radius 1 is 1.04 bits per heavy atom. The van der Waals surface area contributed by atoms with E-state index in [2.05, 4.69) is 19.2 Å². The lowest BCUT2D eigenvalue weighted by atomic mass is 10.0. The maximum absolute atomic E-state index is 12.4. The monoisotopic (exact) mass is 368 g/mol. The molecule has 5 heteroatoms. The van der Waals surface area contributed by atoms with Crippen molar-refractivity contribution in [3.8, 4) is 5.75 Å². The fourth-order valence-electron chi connectivity index (χ4n) is 2.72. The highest BCUT2D eigenvalue weighted by Crippen LogP contribution is 2.18. The van der Waals surface area contributed by atoms with Gasteiger partial charge in [0.25, 0.3) is 11.8 Å². The quantitative estimate of drug-likeness (QED) is 0.755. The Kier molecular flexibility index (Phi) is 7.41. The summed E-state index contributed by atoms with van der Waals surface area (Å²) >= 11 is 0. The minimum absolute atomic E-state index is 0.0439. The van der Waals surface area contributed by atoms with Crippen LogP contribution in [0.3, 0.4) is 0 Å². The molecule has 0 atom stereocenters. The zero-order valence-electron chi connectivity index (χ0n) is 16.5. The lowest BCUT2D eigenvalue weighted by Crippen LogP contribution is -2.30. The maximum Gasteiger partial charge on any atom is 0.262 e. The van der Waals surface area contributed by atoms with Crippen LogP contribution < -0.4 is 10.1 Å². The first-order valence-electron chi connectivity index (χ1n) is 9.36. The standard InChI is InChI=1S/C22H28N2O3/c1-5-24(6-2)22(26)18-8-7-9-19(14-18)23-21(25)15-27-20-12-10-17(11-13-20)16(3)4/h7-14,16H,5-6,15H2,1-4H3,(H,23,25). The highest BCUT2D eigenvalue weighted by atomic mass is 16.5. The molecule has 0 saturated carbocycles. The Morgan fingerprint density at radius 3 is 2.30 bits per heavy atom. The molecule has 0 spiro atoms. The summed E-state index contributed by atoms with van der Waals surface area (Å²) in [6.45, 7) is 9.35. The normalized spacial score (nSPS) is 10.6. The number of hydrogen-bond donors (Lipinski definition) is 1.